The van der Waals surface area contributed by atoms with Crippen molar-refractivity contribution in [3.8, 4) is 11.1 Å². The van der Waals surface area contributed by atoms with Gasteiger partial charge in [0.2, 0.25) is 5.91 Å². The van der Waals surface area contributed by atoms with Crippen molar-refractivity contribution < 1.29 is 4.79 Å². The lowest BCUT2D eigenvalue weighted by Gasteiger charge is -2.42. The Labute approximate surface area is 154 Å². The number of carbonyl (C=O) groups excluding carboxylic acids is 1. The monoisotopic (exact) mass is 350 g/mol. The van der Waals surface area contributed by atoms with E-state index in [1.165, 1.54) is 5.56 Å². The Bertz CT molecular complexity index is 913. The summed E-state index contributed by atoms with van der Waals surface area (Å²) in [5.41, 5.74) is 4.53. The maximum atomic E-state index is 12.8. The van der Waals surface area contributed by atoms with Crippen LogP contribution < -0.4 is 5.56 Å². The Hall–Kier alpha value is -2.36. The molecule has 1 amide bonds. The van der Waals surface area contributed by atoms with Gasteiger partial charge in [0.25, 0.3) is 5.56 Å². The number of hydrogen-bond donors (Lipinski definition) is 0. The van der Waals surface area contributed by atoms with E-state index in [-0.39, 0.29) is 17.4 Å². The molecular weight excluding hydrogens is 324 g/mol. The summed E-state index contributed by atoms with van der Waals surface area (Å²) >= 11 is 0. The van der Waals surface area contributed by atoms with Gasteiger partial charge in [-0.2, -0.15) is 0 Å². The summed E-state index contributed by atoms with van der Waals surface area (Å²) in [5.74, 6) is 1.23. The highest BCUT2D eigenvalue weighted by atomic mass is 16.2. The van der Waals surface area contributed by atoms with E-state index < -0.39 is 0 Å². The second-order valence-electron chi connectivity index (χ2n) is 8.12. The molecule has 2 bridgehead atoms. The van der Waals surface area contributed by atoms with Crippen molar-refractivity contribution >= 4 is 5.91 Å². The van der Waals surface area contributed by atoms with E-state index in [9.17, 15) is 9.59 Å². The van der Waals surface area contributed by atoms with Crippen LogP contribution in [0.15, 0.2) is 41.2 Å². The molecule has 4 rings (SSSR count). The zero-order valence-corrected chi connectivity index (χ0v) is 15.7. The van der Waals surface area contributed by atoms with Crippen molar-refractivity contribution in [1.29, 1.82) is 0 Å². The van der Waals surface area contributed by atoms with Crippen molar-refractivity contribution in [2.75, 3.05) is 13.1 Å². The topological polar surface area (TPSA) is 42.3 Å². The lowest BCUT2D eigenvalue weighted by Crippen LogP contribution is -2.48. The van der Waals surface area contributed by atoms with E-state index in [1.807, 2.05) is 9.47 Å². The number of hydrogen-bond acceptors (Lipinski definition) is 2. The molecule has 4 heteroatoms. The molecule has 2 atom stereocenters. The number of rotatable bonds is 2. The van der Waals surface area contributed by atoms with Gasteiger partial charge in [-0.3, -0.25) is 9.59 Å². The third-order valence-electron chi connectivity index (χ3n) is 5.89. The molecule has 1 aromatic heterocycles. The minimum absolute atomic E-state index is 0.0819. The van der Waals surface area contributed by atoms with Crippen LogP contribution >= 0.6 is 0 Å². The van der Waals surface area contributed by atoms with Crippen molar-refractivity contribution in [2.45, 2.75) is 45.6 Å². The zero-order valence-electron chi connectivity index (χ0n) is 15.7. The van der Waals surface area contributed by atoms with Gasteiger partial charge < -0.3 is 9.47 Å². The first-order valence-electron chi connectivity index (χ1n) is 9.53. The molecule has 1 saturated heterocycles. The second kappa shape index (κ2) is 6.42. The molecule has 0 radical (unpaired) electrons. The number of carbonyl (C=O) groups is 1. The molecule has 1 fully saturated rings. The maximum absolute atomic E-state index is 12.8. The number of fused-ring (bicyclic) bond motifs is 4. The Morgan fingerprint density at radius 3 is 2.62 bits per heavy atom. The van der Waals surface area contributed by atoms with Gasteiger partial charge in [-0.15, -0.1) is 0 Å². The Balaban J connectivity index is 1.77. The van der Waals surface area contributed by atoms with E-state index in [1.54, 1.807) is 13.0 Å². The Morgan fingerprint density at radius 2 is 1.88 bits per heavy atom. The minimum Gasteiger partial charge on any atom is -0.342 e. The summed E-state index contributed by atoms with van der Waals surface area (Å²) in [6.07, 6.45) is 1.07. The van der Waals surface area contributed by atoms with E-state index in [4.69, 9.17) is 0 Å². The number of benzene rings is 1. The van der Waals surface area contributed by atoms with E-state index >= 15 is 0 Å². The van der Waals surface area contributed by atoms with E-state index in [0.29, 0.717) is 11.8 Å². The van der Waals surface area contributed by atoms with Gasteiger partial charge in [0.15, 0.2) is 0 Å². The number of piperidine rings is 1. The number of amides is 1. The van der Waals surface area contributed by atoms with E-state index in [2.05, 4.69) is 44.2 Å². The molecule has 2 aliphatic heterocycles. The smallest absolute Gasteiger partial charge is 0.251 e. The highest BCUT2D eigenvalue weighted by Gasteiger charge is 2.35. The average Bonchev–Trinajstić information content (AvgIpc) is 2.62. The number of likely N-dealkylation sites (tertiary alicyclic amines) is 1. The first kappa shape index (κ1) is 17.1. The lowest BCUT2D eigenvalue weighted by atomic mass is 9.82. The van der Waals surface area contributed by atoms with Gasteiger partial charge >= 0.3 is 0 Å². The fourth-order valence-corrected chi connectivity index (χ4v) is 4.46. The Morgan fingerprint density at radius 1 is 1.08 bits per heavy atom. The molecule has 26 heavy (non-hydrogen) atoms. The zero-order chi connectivity index (χ0) is 18.4. The van der Waals surface area contributed by atoms with Crippen LogP contribution in [0.3, 0.4) is 0 Å². The summed E-state index contributed by atoms with van der Waals surface area (Å²) in [4.78, 5) is 26.6. The van der Waals surface area contributed by atoms with Crippen LogP contribution in [0.4, 0.5) is 0 Å². The highest BCUT2D eigenvalue weighted by Crippen LogP contribution is 2.36. The Kier molecular flexibility index (Phi) is 4.22. The van der Waals surface area contributed by atoms with Crippen LogP contribution in [0.2, 0.25) is 0 Å². The first-order valence-corrected chi connectivity index (χ1v) is 9.53. The summed E-state index contributed by atoms with van der Waals surface area (Å²) < 4.78 is 1.94. The summed E-state index contributed by atoms with van der Waals surface area (Å²) in [6, 6.07) is 12.4. The van der Waals surface area contributed by atoms with Gasteiger partial charge in [0.1, 0.15) is 0 Å². The largest absolute Gasteiger partial charge is 0.342 e. The van der Waals surface area contributed by atoms with Gasteiger partial charge in [-0.25, -0.2) is 0 Å². The molecule has 2 aliphatic rings. The molecular formula is C22H26N2O2. The summed E-state index contributed by atoms with van der Waals surface area (Å²) in [5, 5.41) is 0. The lowest BCUT2D eigenvalue weighted by molar-refractivity contribution is -0.131. The molecule has 136 valence electrons. The first-order chi connectivity index (χ1) is 12.4. The minimum atomic E-state index is 0.0819. The van der Waals surface area contributed by atoms with Crippen molar-refractivity contribution in [1.82, 2.24) is 9.47 Å². The van der Waals surface area contributed by atoms with Gasteiger partial charge in [0.05, 0.1) is 0 Å². The third kappa shape index (κ3) is 2.98. The molecule has 0 spiro atoms. The van der Waals surface area contributed by atoms with Gasteiger partial charge in [0, 0.05) is 44.2 Å². The van der Waals surface area contributed by atoms with Crippen LogP contribution in [0.5, 0.6) is 0 Å². The maximum Gasteiger partial charge on any atom is 0.251 e. The SMILES string of the molecule is CC(=O)N1C[C@@H]2C[C@H](C1)c1cc(-c3cccc(C(C)C)c3)cc(=O)n1C2. The summed E-state index contributed by atoms with van der Waals surface area (Å²) in [6.45, 7) is 8.22. The molecule has 0 unspecified atom stereocenters. The van der Waals surface area contributed by atoms with Crippen LogP contribution in [-0.2, 0) is 11.3 Å². The number of nitrogens with zero attached hydrogens (tertiary/aromatic N) is 2. The molecule has 1 aromatic carbocycles. The molecule has 3 heterocycles. The van der Waals surface area contributed by atoms with Gasteiger partial charge in [-0.05, 0) is 41.0 Å². The van der Waals surface area contributed by atoms with Gasteiger partial charge in [-0.1, -0.05) is 38.1 Å². The molecule has 0 N–H and O–H groups in total. The van der Waals surface area contributed by atoms with Crippen LogP contribution in [0.1, 0.15) is 50.3 Å². The fourth-order valence-electron chi connectivity index (χ4n) is 4.46. The number of pyridine rings is 1. The predicted octanol–water partition coefficient (Wildman–Crippen LogP) is 3.60. The second-order valence-corrected chi connectivity index (χ2v) is 8.12. The molecule has 2 aromatic rings. The van der Waals surface area contributed by atoms with Crippen LogP contribution in [0.25, 0.3) is 11.1 Å². The molecule has 0 saturated carbocycles. The molecule has 0 aliphatic carbocycles. The van der Waals surface area contributed by atoms with Crippen molar-refractivity contribution in [3.63, 3.8) is 0 Å². The van der Waals surface area contributed by atoms with Crippen molar-refractivity contribution in [2.24, 2.45) is 5.92 Å². The normalized spacial score (nSPS) is 21.6. The fraction of sp³-hybridized carbons (Fsp3) is 0.455. The van der Waals surface area contributed by atoms with Crippen LogP contribution in [0, 0.1) is 5.92 Å². The predicted molar refractivity (Wildman–Crippen MR) is 103 cm³/mol. The summed E-state index contributed by atoms with van der Waals surface area (Å²) in [7, 11) is 0. The number of aromatic nitrogens is 1. The van der Waals surface area contributed by atoms with Crippen LogP contribution in [-0.4, -0.2) is 28.5 Å². The molecule has 4 nitrogen and oxygen atoms in total. The average molecular weight is 350 g/mol. The van der Waals surface area contributed by atoms with Crippen molar-refractivity contribution in [3.05, 3.63) is 58.0 Å². The third-order valence-corrected chi connectivity index (χ3v) is 5.89. The standard InChI is InChI=1S/C22H26N2O2/c1-14(2)17-5-4-6-18(8-17)19-9-21-20-7-16(11-23(13-20)15(3)25)12-24(21)22(26)10-19/h4-6,8-10,14,16,20H,7,11-13H2,1-3H3/t16-,20+/m0/s1. The highest BCUT2D eigenvalue weighted by molar-refractivity contribution is 5.73. The quantitative estimate of drug-likeness (QED) is 0.830. The van der Waals surface area contributed by atoms with E-state index in [0.717, 1.165) is 42.9 Å².